The number of benzene rings is 1. The summed E-state index contributed by atoms with van der Waals surface area (Å²) in [7, 11) is 0. The van der Waals surface area contributed by atoms with Gasteiger partial charge in [0.2, 0.25) is 5.95 Å². The Kier molecular flexibility index (Phi) is 4.10. The lowest BCUT2D eigenvalue weighted by atomic mass is 10.3. The summed E-state index contributed by atoms with van der Waals surface area (Å²) >= 11 is 6.06. The zero-order valence-corrected chi connectivity index (χ0v) is 12.2. The molecule has 8 heteroatoms. The Morgan fingerprint density at radius 3 is 2.45 bits per heavy atom. The van der Waals surface area contributed by atoms with Crippen molar-refractivity contribution in [3.63, 3.8) is 0 Å². The van der Waals surface area contributed by atoms with Gasteiger partial charge in [0.1, 0.15) is 10.8 Å². The van der Waals surface area contributed by atoms with Crippen molar-refractivity contribution in [1.82, 2.24) is 9.97 Å². The van der Waals surface area contributed by atoms with Crippen molar-refractivity contribution in [2.75, 3.05) is 23.3 Å². The first-order valence-corrected chi connectivity index (χ1v) is 7.07. The van der Waals surface area contributed by atoms with E-state index in [4.69, 9.17) is 11.6 Å². The molecule has 0 aliphatic carbocycles. The summed E-state index contributed by atoms with van der Waals surface area (Å²) in [5.74, 6) is 0.388. The first-order valence-electron chi connectivity index (χ1n) is 6.69. The van der Waals surface area contributed by atoms with Crippen molar-refractivity contribution in [2.24, 2.45) is 0 Å². The van der Waals surface area contributed by atoms with Gasteiger partial charge in [0.25, 0.3) is 0 Å². The largest absolute Gasteiger partial charge is 0.388 e. The number of aromatic nitrogens is 2. The van der Waals surface area contributed by atoms with Crippen LogP contribution < -0.4 is 10.2 Å². The van der Waals surface area contributed by atoms with Crippen molar-refractivity contribution >= 4 is 29.1 Å². The molecule has 1 aromatic heterocycles. The summed E-state index contributed by atoms with van der Waals surface area (Å²) in [5, 5.41) is 22.5. The van der Waals surface area contributed by atoms with Crippen LogP contribution in [0.4, 0.5) is 21.8 Å². The van der Waals surface area contributed by atoms with Crippen LogP contribution in [0.5, 0.6) is 0 Å². The Labute approximate surface area is 131 Å². The fraction of sp³-hybridized carbons (Fsp3) is 0.286. The van der Waals surface area contributed by atoms with Crippen LogP contribution in [0.2, 0.25) is 5.02 Å². The monoisotopic (exact) mass is 324 g/mol. The molecule has 6 nitrogen and oxygen atoms in total. The van der Waals surface area contributed by atoms with Crippen molar-refractivity contribution < 1.29 is 14.6 Å². The Morgan fingerprint density at radius 1 is 1.18 bits per heavy atom. The summed E-state index contributed by atoms with van der Waals surface area (Å²) in [6.45, 7) is 0.498. The molecular formula is C14H14ClFN4O2. The van der Waals surface area contributed by atoms with Gasteiger partial charge in [-0.25, -0.2) is 9.37 Å². The molecule has 1 aliphatic heterocycles. The highest BCUT2D eigenvalue weighted by molar-refractivity contribution is 6.32. The standard InChI is InChI=1S/C14H14ClFN4O2/c15-10-5-17-14(20-6-11(21)12(22)7-20)19-13(10)18-9-3-1-8(16)2-4-9/h1-5,11-12,21-22H,6-7H2,(H,17,18,19)/t11-,12+. The Hall–Kier alpha value is -1.96. The number of hydrogen-bond acceptors (Lipinski definition) is 6. The maximum atomic E-state index is 12.9. The van der Waals surface area contributed by atoms with Gasteiger partial charge < -0.3 is 20.4 Å². The van der Waals surface area contributed by atoms with Crippen molar-refractivity contribution in [1.29, 1.82) is 0 Å². The fourth-order valence-corrected chi connectivity index (χ4v) is 2.34. The van der Waals surface area contributed by atoms with Crippen LogP contribution in [0.1, 0.15) is 0 Å². The second-order valence-corrected chi connectivity index (χ2v) is 5.45. The lowest BCUT2D eigenvalue weighted by Crippen LogP contribution is -2.23. The van der Waals surface area contributed by atoms with E-state index < -0.39 is 12.2 Å². The molecule has 0 unspecified atom stereocenters. The molecule has 0 radical (unpaired) electrons. The van der Waals surface area contributed by atoms with E-state index in [1.165, 1.54) is 18.3 Å². The highest BCUT2D eigenvalue weighted by Gasteiger charge is 2.31. The summed E-state index contributed by atoms with van der Waals surface area (Å²) < 4.78 is 12.9. The highest BCUT2D eigenvalue weighted by atomic mass is 35.5. The first-order chi connectivity index (χ1) is 10.5. The van der Waals surface area contributed by atoms with Gasteiger partial charge in [0, 0.05) is 18.8 Å². The normalized spacial score (nSPS) is 21.2. The van der Waals surface area contributed by atoms with E-state index in [0.29, 0.717) is 22.5 Å². The molecule has 1 aliphatic rings. The maximum absolute atomic E-state index is 12.9. The minimum absolute atomic E-state index is 0.249. The summed E-state index contributed by atoms with van der Waals surface area (Å²) in [6, 6.07) is 5.78. The van der Waals surface area contributed by atoms with Crippen LogP contribution in [0.3, 0.4) is 0 Å². The second kappa shape index (κ2) is 6.04. The molecular weight excluding hydrogens is 311 g/mol. The van der Waals surface area contributed by atoms with Gasteiger partial charge in [-0.05, 0) is 24.3 Å². The van der Waals surface area contributed by atoms with Gasteiger partial charge in [-0.1, -0.05) is 11.6 Å². The fourth-order valence-electron chi connectivity index (χ4n) is 2.20. The average Bonchev–Trinajstić information content (AvgIpc) is 2.83. The van der Waals surface area contributed by atoms with E-state index in [-0.39, 0.29) is 18.9 Å². The summed E-state index contributed by atoms with van der Waals surface area (Å²) in [4.78, 5) is 10.1. The van der Waals surface area contributed by atoms with Crippen LogP contribution in [-0.4, -0.2) is 45.5 Å². The number of anilines is 3. The minimum atomic E-state index is -0.826. The van der Waals surface area contributed by atoms with E-state index in [0.717, 1.165) is 0 Å². The van der Waals surface area contributed by atoms with Crippen molar-refractivity contribution in [3.05, 3.63) is 41.3 Å². The van der Waals surface area contributed by atoms with E-state index in [1.807, 2.05) is 0 Å². The number of β-amino-alcohol motifs (C(OH)–C–C–N with tert-alkyl or cyclic N) is 2. The topological polar surface area (TPSA) is 81.5 Å². The predicted octanol–water partition coefficient (Wildman–Crippen LogP) is 1.55. The van der Waals surface area contributed by atoms with E-state index in [1.54, 1.807) is 17.0 Å². The molecule has 2 atom stereocenters. The number of hydrogen-bond donors (Lipinski definition) is 3. The number of aliphatic hydroxyl groups excluding tert-OH is 2. The van der Waals surface area contributed by atoms with Gasteiger partial charge in [-0.3, -0.25) is 0 Å². The molecule has 3 N–H and O–H groups in total. The molecule has 0 saturated carbocycles. The molecule has 116 valence electrons. The van der Waals surface area contributed by atoms with E-state index >= 15 is 0 Å². The molecule has 2 aromatic rings. The van der Waals surface area contributed by atoms with Crippen LogP contribution in [0.25, 0.3) is 0 Å². The number of rotatable bonds is 3. The van der Waals surface area contributed by atoms with E-state index in [2.05, 4.69) is 15.3 Å². The van der Waals surface area contributed by atoms with Crippen molar-refractivity contribution in [3.8, 4) is 0 Å². The molecule has 0 bridgehead atoms. The summed E-state index contributed by atoms with van der Waals surface area (Å²) in [6.07, 6.45) is -0.215. The van der Waals surface area contributed by atoms with Crippen LogP contribution in [0, 0.1) is 5.82 Å². The van der Waals surface area contributed by atoms with Gasteiger partial charge in [-0.15, -0.1) is 0 Å². The molecule has 0 amide bonds. The Balaban J connectivity index is 1.82. The van der Waals surface area contributed by atoms with E-state index in [9.17, 15) is 14.6 Å². The third-order valence-electron chi connectivity index (χ3n) is 3.38. The molecule has 22 heavy (non-hydrogen) atoms. The first kappa shape index (κ1) is 15.0. The SMILES string of the molecule is O[C@@H]1CN(c2ncc(Cl)c(Nc3ccc(F)cc3)n2)C[C@@H]1O. The Morgan fingerprint density at radius 2 is 1.82 bits per heavy atom. The maximum Gasteiger partial charge on any atom is 0.227 e. The number of nitrogens with one attached hydrogen (secondary N) is 1. The van der Waals surface area contributed by atoms with Crippen LogP contribution >= 0.6 is 11.6 Å². The molecule has 2 heterocycles. The lowest BCUT2D eigenvalue weighted by Gasteiger charge is -2.16. The average molecular weight is 325 g/mol. The number of nitrogens with zero attached hydrogens (tertiary/aromatic N) is 3. The van der Waals surface area contributed by atoms with Gasteiger partial charge in [-0.2, -0.15) is 4.98 Å². The number of halogens is 2. The highest BCUT2D eigenvalue weighted by Crippen LogP contribution is 2.26. The van der Waals surface area contributed by atoms with Gasteiger partial charge in [0.05, 0.1) is 18.4 Å². The van der Waals surface area contributed by atoms with Crippen LogP contribution in [-0.2, 0) is 0 Å². The third kappa shape index (κ3) is 3.11. The quantitative estimate of drug-likeness (QED) is 0.795. The zero-order chi connectivity index (χ0) is 15.7. The molecule has 1 aromatic carbocycles. The second-order valence-electron chi connectivity index (χ2n) is 5.04. The summed E-state index contributed by atoms with van der Waals surface area (Å²) in [5.41, 5.74) is 0.634. The predicted molar refractivity (Wildman–Crippen MR) is 81.0 cm³/mol. The molecule has 1 fully saturated rings. The zero-order valence-electron chi connectivity index (χ0n) is 11.4. The van der Waals surface area contributed by atoms with Crippen LogP contribution in [0.15, 0.2) is 30.5 Å². The Bertz CT molecular complexity index is 660. The third-order valence-corrected chi connectivity index (χ3v) is 3.66. The van der Waals surface area contributed by atoms with Gasteiger partial charge in [0.15, 0.2) is 5.82 Å². The molecule has 1 saturated heterocycles. The van der Waals surface area contributed by atoms with Gasteiger partial charge >= 0.3 is 0 Å². The smallest absolute Gasteiger partial charge is 0.227 e. The number of aliphatic hydroxyl groups is 2. The lowest BCUT2D eigenvalue weighted by molar-refractivity contribution is 0.0572. The van der Waals surface area contributed by atoms with Crippen molar-refractivity contribution in [2.45, 2.75) is 12.2 Å². The molecule has 3 rings (SSSR count). The molecule has 0 spiro atoms. The minimum Gasteiger partial charge on any atom is -0.388 e.